The van der Waals surface area contributed by atoms with Crippen molar-refractivity contribution in [3.05, 3.63) is 94.5 Å². The number of hydrogen-bond acceptors (Lipinski definition) is 5. The summed E-state index contributed by atoms with van der Waals surface area (Å²) < 4.78 is 11.4. The van der Waals surface area contributed by atoms with E-state index in [1.807, 2.05) is 18.2 Å². The SMILES string of the molecule is COc1cc(CNC(=S)NCCc2ccc(C(C)(C)C)cc2)ccc1OCCN1C(=O)c2ccccc2C1=O. The highest BCUT2D eigenvalue weighted by atomic mass is 32.1. The Morgan fingerprint density at radius 3 is 2.13 bits per heavy atom. The molecule has 0 saturated carbocycles. The van der Waals surface area contributed by atoms with Gasteiger partial charge in [0.15, 0.2) is 16.6 Å². The van der Waals surface area contributed by atoms with Crippen LogP contribution in [0.1, 0.15) is 58.2 Å². The molecule has 7 nitrogen and oxygen atoms in total. The van der Waals surface area contributed by atoms with E-state index in [0.717, 1.165) is 18.5 Å². The van der Waals surface area contributed by atoms with Crippen molar-refractivity contribution in [3.63, 3.8) is 0 Å². The lowest BCUT2D eigenvalue weighted by atomic mass is 9.86. The molecule has 0 saturated heterocycles. The number of hydrogen-bond donors (Lipinski definition) is 2. The number of carbonyl (C=O) groups is 2. The maximum atomic E-state index is 12.5. The molecule has 0 aromatic heterocycles. The van der Waals surface area contributed by atoms with Crippen LogP contribution in [0.3, 0.4) is 0 Å². The van der Waals surface area contributed by atoms with Gasteiger partial charge in [-0.15, -0.1) is 0 Å². The van der Waals surface area contributed by atoms with E-state index >= 15 is 0 Å². The van der Waals surface area contributed by atoms with Crippen LogP contribution in [0.5, 0.6) is 11.5 Å². The lowest BCUT2D eigenvalue weighted by Crippen LogP contribution is -2.35. The van der Waals surface area contributed by atoms with Crippen molar-refractivity contribution in [1.82, 2.24) is 15.5 Å². The van der Waals surface area contributed by atoms with Crippen molar-refractivity contribution in [2.45, 2.75) is 39.2 Å². The Labute approximate surface area is 235 Å². The number of rotatable bonds is 10. The lowest BCUT2D eigenvalue weighted by molar-refractivity contribution is 0.0631. The average Bonchev–Trinajstić information content (AvgIpc) is 3.17. The molecule has 2 amide bonds. The van der Waals surface area contributed by atoms with Gasteiger partial charge in [-0.05, 0) is 65.0 Å². The van der Waals surface area contributed by atoms with Crippen molar-refractivity contribution in [2.75, 3.05) is 26.8 Å². The number of thiocarbonyl (C=S) groups is 1. The lowest BCUT2D eigenvalue weighted by Gasteiger charge is -2.19. The molecule has 2 N–H and O–H groups in total. The zero-order valence-electron chi connectivity index (χ0n) is 22.9. The van der Waals surface area contributed by atoms with E-state index in [4.69, 9.17) is 21.7 Å². The predicted octanol–water partition coefficient (Wildman–Crippen LogP) is 4.87. The third-order valence-electron chi connectivity index (χ3n) is 6.65. The minimum atomic E-state index is -0.296. The van der Waals surface area contributed by atoms with Crippen molar-refractivity contribution in [1.29, 1.82) is 0 Å². The van der Waals surface area contributed by atoms with Gasteiger partial charge in [0.1, 0.15) is 6.61 Å². The van der Waals surface area contributed by atoms with Crippen LogP contribution < -0.4 is 20.1 Å². The molecular formula is C31H35N3O4S. The van der Waals surface area contributed by atoms with Crippen LogP contribution in [0.15, 0.2) is 66.7 Å². The first kappa shape index (κ1) is 28.1. The first-order valence-electron chi connectivity index (χ1n) is 13.0. The van der Waals surface area contributed by atoms with Gasteiger partial charge >= 0.3 is 0 Å². The molecule has 3 aromatic rings. The van der Waals surface area contributed by atoms with E-state index in [0.29, 0.717) is 34.3 Å². The third kappa shape index (κ3) is 6.95. The molecule has 0 fully saturated rings. The molecule has 0 atom stereocenters. The summed E-state index contributed by atoms with van der Waals surface area (Å²) in [4.78, 5) is 26.3. The number of ether oxygens (including phenoxy) is 2. The van der Waals surface area contributed by atoms with Gasteiger partial charge in [-0.25, -0.2) is 0 Å². The van der Waals surface area contributed by atoms with E-state index in [9.17, 15) is 9.59 Å². The van der Waals surface area contributed by atoms with Crippen molar-refractivity contribution in [2.24, 2.45) is 0 Å². The van der Waals surface area contributed by atoms with Crippen LogP contribution in [0, 0.1) is 0 Å². The maximum Gasteiger partial charge on any atom is 0.261 e. The molecule has 39 heavy (non-hydrogen) atoms. The number of benzene rings is 3. The van der Waals surface area contributed by atoms with Gasteiger partial charge in [0.25, 0.3) is 11.8 Å². The van der Waals surface area contributed by atoms with E-state index in [-0.39, 0.29) is 30.4 Å². The van der Waals surface area contributed by atoms with Crippen LogP contribution >= 0.6 is 12.2 Å². The summed E-state index contributed by atoms with van der Waals surface area (Å²) in [5.74, 6) is 0.511. The fraction of sp³-hybridized carbons (Fsp3) is 0.323. The fourth-order valence-electron chi connectivity index (χ4n) is 4.37. The van der Waals surface area contributed by atoms with Gasteiger partial charge in [-0.2, -0.15) is 0 Å². The maximum absolute atomic E-state index is 12.5. The molecule has 4 rings (SSSR count). The quantitative estimate of drug-likeness (QED) is 0.278. The van der Waals surface area contributed by atoms with Crippen LogP contribution in [0.2, 0.25) is 0 Å². The first-order chi connectivity index (χ1) is 18.7. The van der Waals surface area contributed by atoms with Gasteiger partial charge in [0, 0.05) is 13.1 Å². The highest BCUT2D eigenvalue weighted by Crippen LogP contribution is 2.29. The Kier molecular flexibility index (Phi) is 8.86. The summed E-state index contributed by atoms with van der Waals surface area (Å²) in [6.07, 6.45) is 0.882. The molecule has 1 aliphatic rings. The van der Waals surface area contributed by atoms with Gasteiger partial charge in [-0.3, -0.25) is 14.5 Å². The van der Waals surface area contributed by atoms with Crippen molar-refractivity contribution < 1.29 is 19.1 Å². The summed E-state index contributed by atoms with van der Waals surface area (Å²) in [7, 11) is 1.57. The minimum Gasteiger partial charge on any atom is -0.493 e. The molecule has 0 unspecified atom stereocenters. The summed E-state index contributed by atoms with van der Waals surface area (Å²) in [5, 5.41) is 7.07. The summed E-state index contributed by atoms with van der Waals surface area (Å²) in [5.41, 5.74) is 4.57. The zero-order chi connectivity index (χ0) is 28.0. The molecule has 3 aromatic carbocycles. The molecular weight excluding hydrogens is 510 g/mol. The number of nitrogens with one attached hydrogen (secondary N) is 2. The van der Waals surface area contributed by atoms with Gasteiger partial charge in [0.05, 0.1) is 24.8 Å². The largest absolute Gasteiger partial charge is 0.493 e. The number of imide groups is 1. The highest BCUT2D eigenvalue weighted by Gasteiger charge is 2.34. The smallest absolute Gasteiger partial charge is 0.261 e. The standard InChI is InChI=1S/C31H35N3O4S/c1-31(2,3)23-12-9-21(10-13-23)15-16-32-30(39)33-20-22-11-14-26(27(19-22)37-4)38-18-17-34-28(35)24-7-5-6-8-25(24)29(34)36/h5-14,19H,15-18,20H2,1-4H3,(H2,32,33,39). The molecule has 0 radical (unpaired) electrons. The first-order valence-corrected chi connectivity index (χ1v) is 13.4. The number of carbonyl (C=O) groups excluding carboxylic acids is 2. The number of fused-ring (bicyclic) bond motifs is 1. The highest BCUT2D eigenvalue weighted by molar-refractivity contribution is 7.80. The van der Waals surface area contributed by atoms with Crippen molar-refractivity contribution in [3.8, 4) is 11.5 Å². The van der Waals surface area contributed by atoms with E-state index in [1.165, 1.54) is 16.0 Å². The molecule has 0 spiro atoms. The summed E-state index contributed by atoms with van der Waals surface area (Å²) >= 11 is 5.44. The molecule has 204 valence electrons. The van der Waals surface area contributed by atoms with Crippen LogP contribution in [0.25, 0.3) is 0 Å². The molecule has 1 aliphatic heterocycles. The van der Waals surface area contributed by atoms with Gasteiger partial charge < -0.3 is 20.1 Å². The van der Waals surface area contributed by atoms with Crippen LogP contribution in [-0.2, 0) is 18.4 Å². The molecule has 8 heteroatoms. The second-order valence-corrected chi connectivity index (χ2v) is 10.9. The second-order valence-electron chi connectivity index (χ2n) is 10.4. The molecule has 1 heterocycles. The van der Waals surface area contributed by atoms with E-state index < -0.39 is 0 Å². The Morgan fingerprint density at radius 1 is 0.872 bits per heavy atom. The monoisotopic (exact) mass is 545 g/mol. The van der Waals surface area contributed by atoms with Crippen molar-refractivity contribution >= 4 is 29.1 Å². The summed E-state index contributed by atoms with van der Waals surface area (Å²) in [6.45, 7) is 8.22. The fourth-order valence-corrected chi connectivity index (χ4v) is 4.54. The Hall–Kier alpha value is -3.91. The number of nitrogens with zero attached hydrogens (tertiary/aromatic N) is 1. The topological polar surface area (TPSA) is 79.9 Å². The Balaban J connectivity index is 1.21. The Bertz CT molecular complexity index is 1310. The van der Waals surface area contributed by atoms with E-state index in [1.54, 1.807) is 31.4 Å². The van der Waals surface area contributed by atoms with Crippen LogP contribution in [-0.4, -0.2) is 48.6 Å². The van der Waals surface area contributed by atoms with Gasteiger partial charge in [-0.1, -0.05) is 63.2 Å². The minimum absolute atomic E-state index is 0.150. The average molecular weight is 546 g/mol. The predicted molar refractivity (Wildman–Crippen MR) is 157 cm³/mol. The zero-order valence-corrected chi connectivity index (χ0v) is 23.7. The molecule has 0 aliphatic carbocycles. The third-order valence-corrected chi connectivity index (χ3v) is 6.94. The molecule has 0 bridgehead atoms. The number of methoxy groups -OCH3 is 1. The van der Waals surface area contributed by atoms with E-state index in [2.05, 4.69) is 55.7 Å². The van der Waals surface area contributed by atoms with Gasteiger partial charge in [0.2, 0.25) is 0 Å². The number of amides is 2. The Morgan fingerprint density at radius 2 is 1.51 bits per heavy atom. The normalized spacial score (nSPS) is 12.8. The van der Waals surface area contributed by atoms with Crippen LogP contribution in [0.4, 0.5) is 0 Å². The summed E-state index contributed by atoms with van der Waals surface area (Å²) in [6, 6.07) is 21.2. The second kappa shape index (κ2) is 12.3.